The van der Waals surface area contributed by atoms with Crippen LogP contribution in [0.25, 0.3) is 0 Å². The first-order chi connectivity index (χ1) is 10.4. The summed E-state index contributed by atoms with van der Waals surface area (Å²) in [6.07, 6.45) is 22.0. The lowest BCUT2D eigenvalue weighted by Crippen LogP contribution is -1.84. The van der Waals surface area contributed by atoms with Crippen molar-refractivity contribution >= 4 is 0 Å². The second-order valence-electron chi connectivity index (χ2n) is 5.71. The molecule has 0 aliphatic rings. The second-order valence-corrected chi connectivity index (χ2v) is 5.71. The number of nitrogens with zero attached hydrogens (tertiary/aromatic N) is 1. The summed E-state index contributed by atoms with van der Waals surface area (Å²) < 4.78 is 0. The van der Waals surface area contributed by atoms with Crippen LogP contribution in [0.4, 0.5) is 0 Å². The number of unbranched alkanes of at least 4 members (excludes halogenated alkanes) is 8. The number of pyridine rings is 1. The molecule has 0 aromatic carbocycles. The first-order valence-electron chi connectivity index (χ1n) is 8.58. The van der Waals surface area contributed by atoms with E-state index in [9.17, 15) is 0 Å². The number of allylic oxidation sites excluding steroid dienone is 2. The maximum Gasteiger partial charge on any atom is 0.0431 e. The van der Waals surface area contributed by atoms with Crippen LogP contribution in [-0.4, -0.2) is 16.7 Å². The number of hydrogen-bond donors (Lipinski definition) is 1. The third-order valence-electron chi connectivity index (χ3n) is 3.77. The fourth-order valence-electron chi connectivity index (χ4n) is 2.47. The lowest BCUT2D eigenvalue weighted by molar-refractivity contribution is 0.282. The van der Waals surface area contributed by atoms with Crippen LogP contribution in [0.5, 0.6) is 0 Å². The van der Waals surface area contributed by atoms with Crippen molar-refractivity contribution in [3.63, 3.8) is 0 Å². The molecule has 1 aromatic heterocycles. The maximum absolute atomic E-state index is 8.68. The molecule has 0 atom stereocenters. The van der Waals surface area contributed by atoms with Crippen LogP contribution < -0.4 is 0 Å². The van der Waals surface area contributed by atoms with Crippen LogP contribution in [0.15, 0.2) is 36.7 Å². The van der Waals surface area contributed by atoms with Crippen molar-refractivity contribution in [2.75, 3.05) is 6.61 Å². The summed E-state index contributed by atoms with van der Waals surface area (Å²) in [5.41, 5.74) is 1.32. The molecule has 0 fully saturated rings. The normalized spacial score (nSPS) is 11.3. The molecule has 0 unspecified atom stereocenters. The van der Waals surface area contributed by atoms with Gasteiger partial charge in [0, 0.05) is 19.0 Å². The summed E-state index contributed by atoms with van der Waals surface area (Å²) in [5, 5.41) is 8.68. The minimum atomic E-state index is 0.354. The number of aromatic nitrogens is 1. The van der Waals surface area contributed by atoms with Crippen molar-refractivity contribution in [2.45, 2.75) is 70.6 Å². The van der Waals surface area contributed by atoms with Gasteiger partial charge in [0.25, 0.3) is 0 Å². The van der Waals surface area contributed by atoms with E-state index in [4.69, 9.17) is 5.11 Å². The number of hydrogen-bond acceptors (Lipinski definition) is 2. The van der Waals surface area contributed by atoms with E-state index in [1.165, 1.54) is 56.9 Å². The lowest BCUT2D eigenvalue weighted by Gasteiger charge is -2.00. The molecule has 0 saturated heterocycles. The Morgan fingerprint density at radius 3 is 2.19 bits per heavy atom. The van der Waals surface area contributed by atoms with Gasteiger partial charge in [-0.1, -0.05) is 56.7 Å². The van der Waals surface area contributed by atoms with Crippen molar-refractivity contribution in [1.29, 1.82) is 0 Å². The third kappa shape index (κ3) is 11.2. The van der Waals surface area contributed by atoms with Crippen molar-refractivity contribution in [3.05, 3.63) is 42.2 Å². The molecule has 21 heavy (non-hydrogen) atoms. The van der Waals surface area contributed by atoms with Crippen LogP contribution in [0.1, 0.15) is 69.8 Å². The largest absolute Gasteiger partial charge is 0.396 e. The van der Waals surface area contributed by atoms with Gasteiger partial charge in [-0.05, 0) is 43.7 Å². The van der Waals surface area contributed by atoms with Gasteiger partial charge < -0.3 is 5.11 Å². The zero-order chi connectivity index (χ0) is 15.0. The molecule has 2 nitrogen and oxygen atoms in total. The summed E-state index contributed by atoms with van der Waals surface area (Å²) in [6.45, 7) is 0.354. The average molecular weight is 289 g/mol. The minimum Gasteiger partial charge on any atom is -0.396 e. The van der Waals surface area contributed by atoms with Crippen LogP contribution in [0, 0.1) is 0 Å². The number of aliphatic hydroxyl groups is 1. The first kappa shape index (κ1) is 17.9. The molecule has 0 amide bonds. The highest BCUT2D eigenvalue weighted by Gasteiger charge is 1.92. The van der Waals surface area contributed by atoms with Gasteiger partial charge in [0.05, 0.1) is 0 Å². The Bertz CT molecular complexity index is 348. The molecule has 2 heteroatoms. The number of aryl methyl sites for hydroxylation is 1. The Balaban J connectivity index is 1.82. The van der Waals surface area contributed by atoms with E-state index in [1.54, 1.807) is 0 Å². The summed E-state index contributed by atoms with van der Waals surface area (Å²) in [5.74, 6) is 0. The zero-order valence-corrected chi connectivity index (χ0v) is 13.3. The Kier molecular flexibility index (Phi) is 11.8. The molecule has 0 spiro atoms. The fourth-order valence-corrected chi connectivity index (χ4v) is 2.47. The predicted molar refractivity (Wildman–Crippen MR) is 90.3 cm³/mol. The Morgan fingerprint density at radius 1 is 0.857 bits per heavy atom. The molecule has 1 N–H and O–H groups in total. The van der Waals surface area contributed by atoms with E-state index in [1.807, 2.05) is 18.5 Å². The van der Waals surface area contributed by atoms with Crippen molar-refractivity contribution in [3.8, 4) is 0 Å². The number of aliphatic hydroxyl groups excluding tert-OH is 1. The van der Waals surface area contributed by atoms with Gasteiger partial charge in [-0.3, -0.25) is 4.98 Å². The highest BCUT2D eigenvalue weighted by atomic mass is 16.2. The first-order valence-corrected chi connectivity index (χ1v) is 8.58. The molecule has 118 valence electrons. The SMILES string of the molecule is OCCCCCCCCCC/C=C\CCc1cccnc1. The zero-order valence-electron chi connectivity index (χ0n) is 13.3. The quantitative estimate of drug-likeness (QED) is 0.406. The summed E-state index contributed by atoms with van der Waals surface area (Å²) in [6, 6.07) is 4.14. The van der Waals surface area contributed by atoms with E-state index >= 15 is 0 Å². The van der Waals surface area contributed by atoms with E-state index < -0.39 is 0 Å². The van der Waals surface area contributed by atoms with Crippen LogP contribution in [-0.2, 0) is 6.42 Å². The molecule has 0 saturated carbocycles. The molecule has 0 aliphatic heterocycles. The molecule has 1 aromatic rings. The van der Waals surface area contributed by atoms with Gasteiger partial charge in [-0.25, -0.2) is 0 Å². The second kappa shape index (κ2) is 13.8. The summed E-state index contributed by atoms with van der Waals surface area (Å²) in [4.78, 5) is 4.13. The van der Waals surface area contributed by atoms with E-state index in [-0.39, 0.29) is 0 Å². The minimum absolute atomic E-state index is 0.354. The highest BCUT2D eigenvalue weighted by molar-refractivity contribution is 5.09. The van der Waals surface area contributed by atoms with Crippen molar-refractivity contribution in [1.82, 2.24) is 4.98 Å². The maximum atomic E-state index is 8.68. The van der Waals surface area contributed by atoms with Gasteiger partial charge >= 0.3 is 0 Å². The van der Waals surface area contributed by atoms with Crippen LogP contribution in [0.2, 0.25) is 0 Å². The van der Waals surface area contributed by atoms with Gasteiger partial charge in [0.2, 0.25) is 0 Å². The van der Waals surface area contributed by atoms with Crippen LogP contribution in [0.3, 0.4) is 0 Å². The molecule has 1 heterocycles. The smallest absolute Gasteiger partial charge is 0.0431 e. The summed E-state index contributed by atoms with van der Waals surface area (Å²) in [7, 11) is 0. The van der Waals surface area contributed by atoms with Crippen molar-refractivity contribution in [2.24, 2.45) is 0 Å². The van der Waals surface area contributed by atoms with Crippen LogP contribution >= 0.6 is 0 Å². The number of rotatable bonds is 13. The fraction of sp³-hybridized carbons (Fsp3) is 0.632. The predicted octanol–water partition coefficient (Wildman–Crippen LogP) is 5.07. The molecular weight excluding hydrogens is 258 g/mol. The van der Waals surface area contributed by atoms with Gasteiger partial charge in [-0.2, -0.15) is 0 Å². The Morgan fingerprint density at radius 2 is 1.52 bits per heavy atom. The van der Waals surface area contributed by atoms with E-state index in [0.29, 0.717) is 6.61 Å². The molecular formula is C19H31NO. The highest BCUT2D eigenvalue weighted by Crippen LogP contribution is 2.10. The third-order valence-corrected chi connectivity index (χ3v) is 3.77. The van der Waals surface area contributed by atoms with Gasteiger partial charge in [0.15, 0.2) is 0 Å². The molecule has 1 rings (SSSR count). The van der Waals surface area contributed by atoms with E-state index in [2.05, 4.69) is 23.2 Å². The molecule has 0 aliphatic carbocycles. The molecule has 0 bridgehead atoms. The van der Waals surface area contributed by atoms with Gasteiger partial charge in [-0.15, -0.1) is 0 Å². The standard InChI is InChI=1S/C19H31NO/c21-17-12-10-8-6-4-2-1-3-5-7-9-11-14-19-15-13-16-20-18-19/h7,9,13,15-16,18,21H,1-6,8,10-12,14,17H2/b9-7-. The van der Waals surface area contributed by atoms with Gasteiger partial charge in [0.1, 0.15) is 0 Å². The van der Waals surface area contributed by atoms with Crippen molar-refractivity contribution < 1.29 is 5.11 Å². The Labute approximate surface area is 130 Å². The average Bonchev–Trinajstić information content (AvgIpc) is 2.53. The monoisotopic (exact) mass is 289 g/mol. The summed E-state index contributed by atoms with van der Waals surface area (Å²) >= 11 is 0. The Hall–Kier alpha value is -1.15. The topological polar surface area (TPSA) is 33.1 Å². The van der Waals surface area contributed by atoms with E-state index in [0.717, 1.165) is 19.3 Å². The lowest BCUT2D eigenvalue weighted by atomic mass is 10.1. The molecule has 0 radical (unpaired) electrons.